The third-order valence-corrected chi connectivity index (χ3v) is 7.84. The van der Waals surface area contributed by atoms with Crippen LogP contribution in [-0.2, 0) is 12.8 Å². The minimum atomic E-state index is -4.74. The molecule has 3 aromatic carbocycles. The smallest absolute Gasteiger partial charge is 0.406 e. The van der Waals surface area contributed by atoms with Crippen LogP contribution in [0, 0.1) is 6.92 Å². The van der Waals surface area contributed by atoms with Gasteiger partial charge in [-0.3, -0.25) is 4.57 Å². The van der Waals surface area contributed by atoms with Crippen LogP contribution >= 0.6 is 11.3 Å². The highest BCUT2D eigenvalue weighted by atomic mass is 32.1. The van der Waals surface area contributed by atoms with Gasteiger partial charge in [0, 0.05) is 23.2 Å². The lowest BCUT2D eigenvalue weighted by Crippen LogP contribution is -2.25. The van der Waals surface area contributed by atoms with E-state index in [4.69, 9.17) is 0 Å². The van der Waals surface area contributed by atoms with E-state index in [9.17, 15) is 18.0 Å². The minimum absolute atomic E-state index is 0.301. The summed E-state index contributed by atoms with van der Waals surface area (Å²) in [7, 11) is 0. The van der Waals surface area contributed by atoms with E-state index in [1.807, 2.05) is 59.3 Å². The number of para-hydroxylation sites is 1. The molecule has 0 fully saturated rings. The van der Waals surface area contributed by atoms with E-state index in [1.165, 1.54) is 52.2 Å². The lowest BCUT2D eigenvalue weighted by molar-refractivity contribution is -0.274. The van der Waals surface area contributed by atoms with Crippen LogP contribution < -0.4 is 14.9 Å². The maximum Gasteiger partial charge on any atom is 0.573 e. The molecular formula is C32H31F3N6O2S. The van der Waals surface area contributed by atoms with Crippen molar-refractivity contribution in [2.75, 3.05) is 6.54 Å². The summed E-state index contributed by atoms with van der Waals surface area (Å²) in [5.74, 6) is 0.198. The molecule has 2 aromatic heterocycles. The Kier molecular flexibility index (Phi) is 9.59. The molecule has 0 aliphatic rings. The average Bonchev–Trinajstić information content (AvgIpc) is 3.64. The monoisotopic (exact) mass is 620 g/mol. The number of amides is 2. The number of alkyl halides is 3. The normalized spacial score (nSPS) is 12.0. The van der Waals surface area contributed by atoms with Gasteiger partial charge < -0.3 is 10.1 Å². The van der Waals surface area contributed by atoms with E-state index in [0.29, 0.717) is 22.9 Å². The Morgan fingerprint density at radius 1 is 1.02 bits per heavy atom. The van der Waals surface area contributed by atoms with Crippen LogP contribution in [-0.4, -0.2) is 38.3 Å². The highest BCUT2D eigenvalue weighted by Crippen LogP contribution is 2.24. The number of aromatic nitrogens is 4. The lowest BCUT2D eigenvalue weighted by Gasteiger charge is -2.11. The van der Waals surface area contributed by atoms with Crippen LogP contribution in [0.3, 0.4) is 0 Å². The summed E-state index contributed by atoms with van der Waals surface area (Å²) >= 11 is 1.45. The van der Waals surface area contributed by atoms with E-state index in [2.05, 4.69) is 38.1 Å². The van der Waals surface area contributed by atoms with Gasteiger partial charge in [0.1, 0.15) is 12.1 Å². The number of unbranched alkanes of at least 4 members (excludes halogenated alkanes) is 1. The Morgan fingerprint density at radius 2 is 1.77 bits per heavy atom. The molecule has 8 nitrogen and oxygen atoms in total. The first kappa shape index (κ1) is 30.7. The van der Waals surface area contributed by atoms with Crippen molar-refractivity contribution in [3.63, 3.8) is 0 Å². The van der Waals surface area contributed by atoms with Gasteiger partial charge in [-0.25, -0.2) is 14.5 Å². The molecule has 0 unspecified atom stereocenters. The molecule has 2 amide bonds. The van der Waals surface area contributed by atoms with Gasteiger partial charge in [0.05, 0.1) is 11.4 Å². The number of benzene rings is 3. The third kappa shape index (κ3) is 7.81. The summed E-state index contributed by atoms with van der Waals surface area (Å²) in [5.41, 5.74) is 5.80. The molecular weight excluding hydrogens is 589 g/mol. The molecule has 0 radical (unpaired) electrons. The van der Waals surface area contributed by atoms with Crippen LogP contribution in [0.4, 0.5) is 18.0 Å². The summed E-state index contributed by atoms with van der Waals surface area (Å²) in [6.07, 6.45) is 0.202. The molecule has 0 spiro atoms. The van der Waals surface area contributed by atoms with Gasteiger partial charge in [-0.15, -0.1) is 29.6 Å². The number of hydrogen-bond donors (Lipinski definition) is 1. The van der Waals surface area contributed by atoms with Crippen LogP contribution in [0.2, 0.25) is 0 Å². The Labute approximate surface area is 256 Å². The van der Waals surface area contributed by atoms with E-state index >= 15 is 0 Å². The molecule has 228 valence electrons. The van der Waals surface area contributed by atoms with Crippen molar-refractivity contribution in [3.8, 4) is 28.5 Å². The van der Waals surface area contributed by atoms with Crippen molar-refractivity contribution in [2.24, 2.45) is 4.99 Å². The molecule has 0 aliphatic heterocycles. The van der Waals surface area contributed by atoms with E-state index < -0.39 is 6.36 Å². The Hall–Kier alpha value is -4.71. The molecule has 2 heterocycles. The second kappa shape index (κ2) is 13.7. The van der Waals surface area contributed by atoms with Crippen LogP contribution in [0.5, 0.6) is 5.75 Å². The number of hydrogen-bond acceptors (Lipinski definition) is 5. The average molecular weight is 621 g/mol. The largest absolute Gasteiger partial charge is 0.573 e. The standard InChI is InChI=1S/C32H31F3N6O2S/c1-3-24-9-4-5-10-28(24)41-22(2)20-44-31(41)38-30(42)36-19-7-6-8-23-11-13-25(14-12-23)29-37-21-40(39-29)26-15-17-27(18-16-26)43-32(33,34)35/h4-5,9-18,20-21H,3,6-8,19H2,1-2H3,(H,36,42)/b38-31-. The number of carbonyl (C=O) groups is 1. The second-order valence-electron chi connectivity index (χ2n) is 10.0. The fourth-order valence-corrected chi connectivity index (χ4v) is 5.57. The first-order chi connectivity index (χ1) is 21.2. The number of nitrogens with zero attached hydrogens (tertiary/aromatic N) is 5. The molecule has 0 aliphatic carbocycles. The number of halogens is 3. The minimum Gasteiger partial charge on any atom is -0.406 e. The number of rotatable bonds is 10. The van der Waals surface area contributed by atoms with Gasteiger partial charge in [-0.05, 0) is 74.1 Å². The summed E-state index contributed by atoms with van der Waals surface area (Å²) in [6, 6.07) is 21.1. The second-order valence-corrected chi connectivity index (χ2v) is 10.9. The number of nitrogens with one attached hydrogen (secondary N) is 1. The molecule has 12 heteroatoms. The van der Waals surface area contributed by atoms with Gasteiger partial charge >= 0.3 is 12.4 Å². The fourth-order valence-electron chi connectivity index (χ4n) is 4.71. The highest BCUT2D eigenvalue weighted by molar-refractivity contribution is 7.07. The van der Waals surface area contributed by atoms with Crippen molar-refractivity contribution in [2.45, 2.75) is 45.9 Å². The van der Waals surface area contributed by atoms with E-state index in [0.717, 1.165) is 48.2 Å². The van der Waals surface area contributed by atoms with Crippen LogP contribution in [0.15, 0.2) is 89.5 Å². The van der Waals surface area contributed by atoms with Gasteiger partial charge in [0.25, 0.3) is 0 Å². The zero-order chi connectivity index (χ0) is 31.1. The first-order valence-electron chi connectivity index (χ1n) is 14.2. The third-order valence-electron chi connectivity index (χ3n) is 6.90. The predicted molar refractivity (Wildman–Crippen MR) is 163 cm³/mol. The SMILES string of the molecule is CCc1ccccc1-n1c(C)cs/c1=N\C(=O)NCCCCc1ccc(-c2ncn(-c3ccc(OC(F)(F)F)cc3)n2)cc1. The number of carbonyl (C=O) groups excluding carboxylic acids is 1. The molecule has 5 rings (SSSR count). The van der Waals surface area contributed by atoms with Gasteiger partial charge in [0.2, 0.25) is 0 Å². The van der Waals surface area contributed by atoms with Crippen LogP contribution in [0.25, 0.3) is 22.8 Å². The Morgan fingerprint density at radius 3 is 2.50 bits per heavy atom. The molecule has 0 saturated heterocycles. The number of ether oxygens (including phenoxy) is 1. The van der Waals surface area contributed by atoms with Crippen molar-refractivity contribution >= 4 is 17.4 Å². The van der Waals surface area contributed by atoms with Gasteiger partial charge in [-0.1, -0.05) is 49.4 Å². The van der Waals surface area contributed by atoms with E-state index in [-0.39, 0.29) is 11.8 Å². The zero-order valence-electron chi connectivity index (χ0n) is 24.2. The molecule has 5 aromatic rings. The van der Waals surface area contributed by atoms with Gasteiger partial charge in [0.15, 0.2) is 10.6 Å². The van der Waals surface area contributed by atoms with Crippen LogP contribution in [0.1, 0.15) is 36.6 Å². The quantitative estimate of drug-likeness (QED) is 0.168. The molecule has 1 N–H and O–H groups in total. The molecule has 44 heavy (non-hydrogen) atoms. The molecule has 0 atom stereocenters. The summed E-state index contributed by atoms with van der Waals surface area (Å²) in [6.45, 7) is 4.65. The van der Waals surface area contributed by atoms with E-state index in [1.54, 1.807) is 0 Å². The summed E-state index contributed by atoms with van der Waals surface area (Å²) < 4.78 is 44.6. The van der Waals surface area contributed by atoms with Crippen molar-refractivity contribution in [3.05, 3.63) is 106 Å². The van der Waals surface area contributed by atoms with Gasteiger partial charge in [-0.2, -0.15) is 4.99 Å². The number of aryl methyl sites for hydroxylation is 3. The zero-order valence-corrected chi connectivity index (χ0v) is 25.0. The fraction of sp³-hybridized carbons (Fsp3) is 0.250. The molecule has 0 bridgehead atoms. The summed E-state index contributed by atoms with van der Waals surface area (Å²) in [4.78, 5) is 21.9. The maximum atomic E-state index is 12.6. The van der Waals surface area contributed by atoms with Crippen molar-refractivity contribution < 1.29 is 22.7 Å². The number of thiazole rings is 1. The number of urea groups is 1. The first-order valence-corrected chi connectivity index (χ1v) is 15.0. The topological polar surface area (TPSA) is 86.3 Å². The summed E-state index contributed by atoms with van der Waals surface area (Å²) in [5, 5.41) is 9.35. The van der Waals surface area contributed by atoms with Crippen molar-refractivity contribution in [1.82, 2.24) is 24.6 Å². The Balaban J connectivity index is 1.10. The van der Waals surface area contributed by atoms with Crippen molar-refractivity contribution in [1.29, 1.82) is 0 Å². The Bertz CT molecular complexity index is 1770. The molecule has 0 saturated carbocycles. The predicted octanol–water partition coefficient (Wildman–Crippen LogP) is 7.19. The maximum absolute atomic E-state index is 12.6. The highest BCUT2D eigenvalue weighted by Gasteiger charge is 2.31. The lowest BCUT2D eigenvalue weighted by atomic mass is 10.1.